The van der Waals surface area contributed by atoms with E-state index in [9.17, 15) is 9.59 Å². The van der Waals surface area contributed by atoms with Crippen molar-refractivity contribution in [3.63, 3.8) is 0 Å². The first-order chi connectivity index (χ1) is 13.7. The third-order valence-corrected chi connectivity index (χ3v) is 5.52. The number of aryl methyl sites for hydroxylation is 4. The molecule has 0 atom stereocenters. The number of aromatic nitrogens is 5. The Balaban J connectivity index is 2.00. The van der Waals surface area contributed by atoms with E-state index in [-0.39, 0.29) is 17.8 Å². The van der Waals surface area contributed by atoms with E-state index in [2.05, 4.69) is 23.4 Å². The predicted molar refractivity (Wildman–Crippen MR) is 115 cm³/mol. The van der Waals surface area contributed by atoms with E-state index < -0.39 is 0 Å². The Bertz CT molecular complexity index is 1360. The number of nitrogens with zero attached hydrogens (tertiary/aromatic N) is 5. The highest BCUT2D eigenvalue weighted by Gasteiger charge is 2.20. The monoisotopic (exact) mass is 393 g/mol. The summed E-state index contributed by atoms with van der Waals surface area (Å²) in [6.45, 7) is 11.4. The van der Waals surface area contributed by atoms with Gasteiger partial charge in [0.2, 0.25) is 5.78 Å². The fourth-order valence-electron chi connectivity index (χ4n) is 3.93. The van der Waals surface area contributed by atoms with Crippen molar-refractivity contribution in [2.24, 2.45) is 13.0 Å². The second kappa shape index (κ2) is 6.76. The molecule has 0 aliphatic carbocycles. The molecule has 3 heterocycles. The highest BCUT2D eigenvalue weighted by atomic mass is 16.2. The lowest BCUT2D eigenvalue weighted by molar-refractivity contribution is 0.524. The summed E-state index contributed by atoms with van der Waals surface area (Å²) in [5.41, 5.74) is 4.37. The zero-order valence-electron chi connectivity index (χ0n) is 17.9. The quantitative estimate of drug-likeness (QED) is 0.535. The van der Waals surface area contributed by atoms with Crippen molar-refractivity contribution in [1.29, 1.82) is 0 Å². The van der Waals surface area contributed by atoms with Crippen LogP contribution < -0.4 is 11.2 Å². The van der Waals surface area contributed by atoms with Crippen LogP contribution in [0.15, 0.2) is 34.0 Å². The molecule has 7 nitrogen and oxygen atoms in total. The molecule has 0 saturated heterocycles. The van der Waals surface area contributed by atoms with Gasteiger partial charge in [-0.25, -0.2) is 4.79 Å². The Morgan fingerprint density at radius 2 is 1.79 bits per heavy atom. The number of hydrogen-bond donors (Lipinski definition) is 0. The van der Waals surface area contributed by atoms with Gasteiger partial charge in [-0.05, 0) is 37.8 Å². The van der Waals surface area contributed by atoms with Crippen molar-refractivity contribution in [3.05, 3.63) is 67.6 Å². The maximum Gasteiger partial charge on any atom is 0.332 e. The maximum atomic E-state index is 13.4. The second-order valence-electron chi connectivity index (χ2n) is 8.39. The number of hydrogen-bond acceptors (Lipinski definition) is 3. The molecule has 0 bridgehead atoms. The molecule has 0 spiro atoms. The minimum Gasteiger partial charge on any atom is -0.314 e. The number of imidazole rings is 2. The topological polar surface area (TPSA) is 66.2 Å². The summed E-state index contributed by atoms with van der Waals surface area (Å²) in [5.74, 6) is 1.14. The van der Waals surface area contributed by atoms with Gasteiger partial charge in [-0.3, -0.25) is 18.3 Å². The standard InChI is InChI=1S/C22H27N5O2/c1-13(2)10-25-16(5)11-26-18-19(23-21(25)26)24(6)22(29)27(20(18)28)12-17-9-14(3)7-8-15(17)4/h7-9,11,13H,10,12H2,1-6H3. The average molecular weight is 393 g/mol. The molecule has 29 heavy (non-hydrogen) atoms. The Labute approximate surface area is 168 Å². The van der Waals surface area contributed by atoms with Gasteiger partial charge in [0.25, 0.3) is 5.56 Å². The smallest absolute Gasteiger partial charge is 0.314 e. The lowest BCUT2D eigenvalue weighted by Gasteiger charge is -2.11. The van der Waals surface area contributed by atoms with Crippen LogP contribution in [0, 0.1) is 26.7 Å². The predicted octanol–water partition coefficient (Wildman–Crippen LogP) is 2.78. The van der Waals surface area contributed by atoms with E-state index in [1.165, 1.54) is 9.13 Å². The van der Waals surface area contributed by atoms with Crippen LogP contribution in [0.2, 0.25) is 0 Å². The van der Waals surface area contributed by atoms with Crippen molar-refractivity contribution in [1.82, 2.24) is 23.1 Å². The zero-order chi connectivity index (χ0) is 21.0. The molecule has 0 N–H and O–H groups in total. The molecular formula is C22H27N5O2. The van der Waals surface area contributed by atoms with Gasteiger partial charge in [-0.15, -0.1) is 0 Å². The van der Waals surface area contributed by atoms with Gasteiger partial charge in [0.15, 0.2) is 11.2 Å². The van der Waals surface area contributed by atoms with Crippen LogP contribution in [-0.2, 0) is 20.1 Å². The third-order valence-electron chi connectivity index (χ3n) is 5.52. The fraction of sp³-hybridized carbons (Fsp3) is 0.409. The summed E-state index contributed by atoms with van der Waals surface area (Å²) < 4.78 is 6.72. The Kier molecular flexibility index (Phi) is 4.48. The minimum atomic E-state index is -0.351. The van der Waals surface area contributed by atoms with Crippen LogP contribution in [0.3, 0.4) is 0 Å². The van der Waals surface area contributed by atoms with Crippen molar-refractivity contribution in [2.75, 3.05) is 0 Å². The summed E-state index contributed by atoms with van der Waals surface area (Å²) >= 11 is 0. The molecule has 1 aromatic carbocycles. The molecule has 0 aliphatic heterocycles. The summed E-state index contributed by atoms with van der Waals surface area (Å²) in [7, 11) is 1.68. The van der Waals surface area contributed by atoms with Gasteiger partial charge in [0.05, 0.1) is 6.54 Å². The molecule has 0 fully saturated rings. The van der Waals surface area contributed by atoms with Gasteiger partial charge in [-0.1, -0.05) is 37.6 Å². The minimum absolute atomic E-state index is 0.244. The van der Waals surface area contributed by atoms with Crippen LogP contribution in [0.1, 0.15) is 36.2 Å². The van der Waals surface area contributed by atoms with Gasteiger partial charge in [0, 0.05) is 25.5 Å². The summed E-state index contributed by atoms with van der Waals surface area (Å²) in [4.78, 5) is 31.1. The highest BCUT2D eigenvalue weighted by Crippen LogP contribution is 2.18. The second-order valence-corrected chi connectivity index (χ2v) is 8.39. The molecule has 7 heteroatoms. The highest BCUT2D eigenvalue weighted by molar-refractivity contribution is 5.75. The van der Waals surface area contributed by atoms with Crippen molar-refractivity contribution < 1.29 is 0 Å². The summed E-state index contributed by atoms with van der Waals surface area (Å²) in [6.07, 6.45) is 1.93. The molecule has 0 radical (unpaired) electrons. The summed E-state index contributed by atoms with van der Waals surface area (Å²) in [6, 6.07) is 6.08. The molecule has 0 saturated carbocycles. The van der Waals surface area contributed by atoms with Crippen molar-refractivity contribution >= 4 is 16.9 Å². The van der Waals surface area contributed by atoms with E-state index in [1.807, 2.05) is 49.6 Å². The van der Waals surface area contributed by atoms with Gasteiger partial charge in [-0.2, -0.15) is 4.98 Å². The molecule has 0 unspecified atom stereocenters. The van der Waals surface area contributed by atoms with Crippen LogP contribution in [-0.4, -0.2) is 23.1 Å². The van der Waals surface area contributed by atoms with Gasteiger partial charge in [0.1, 0.15) is 0 Å². The van der Waals surface area contributed by atoms with E-state index in [0.717, 1.165) is 28.9 Å². The molecule has 4 rings (SSSR count). The van der Waals surface area contributed by atoms with E-state index in [1.54, 1.807) is 7.05 Å². The number of rotatable bonds is 4. The van der Waals surface area contributed by atoms with Crippen LogP contribution >= 0.6 is 0 Å². The Morgan fingerprint density at radius 3 is 2.48 bits per heavy atom. The summed E-state index contributed by atoms with van der Waals surface area (Å²) in [5, 5.41) is 0. The first-order valence-electron chi connectivity index (χ1n) is 9.93. The van der Waals surface area contributed by atoms with Gasteiger partial charge >= 0.3 is 5.69 Å². The zero-order valence-corrected chi connectivity index (χ0v) is 17.9. The van der Waals surface area contributed by atoms with Crippen molar-refractivity contribution in [2.45, 2.75) is 47.7 Å². The van der Waals surface area contributed by atoms with Crippen LogP contribution in [0.25, 0.3) is 16.9 Å². The number of fused-ring (bicyclic) bond motifs is 3. The maximum absolute atomic E-state index is 13.4. The lowest BCUT2D eigenvalue weighted by atomic mass is 10.1. The van der Waals surface area contributed by atoms with E-state index in [4.69, 9.17) is 0 Å². The van der Waals surface area contributed by atoms with Crippen LogP contribution in [0.4, 0.5) is 0 Å². The normalized spacial score (nSPS) is 12.0. The molecule has 4 aromatic rings. The molecule has 0 amide bonds. The third kappa shape index (κ3) is 3.01. The van der Waals surface area contributed by atoms with E-state index in [0.29, 0.717) is 22.9 Å². The first kappa shape index (κ1) is 19.2. The fourth-order valence-corrected chi connectivity index (χ4v) is 3.93. The van der Waals surface area contributed by atoms with Crippen LogP contribution in [0.5, 0.6) is 0 Å². The molecule has 0 aliphatic rings. The molecule has 152 valence electrons. The average Bonchev–Trinajstić information content (AvgIpc) is 3.16. The lowest BCUT2D eigenvalue weighted by Crippen LogP contribution is -2.39. The Morgan fingerprint density at radius 1 is 1.07 bits per heavy atom. The largest absolute Gasteiger partial charge is 0.332 e. The molecular weight excluding hydrogens is 366 g/mol. The van der Waals surface area contributed by atoms with Crippen molar-refractivity contribution in [3.8, 4) is 0 Å². The number of benzene rings is 1. The van der Waals surface area contributed by atoms with E-state index >= 15 is 0 Å². The van der Waals surface area contributed by atoms with Gasteiger partial charge < -0.3 is 4.57 Å². The molecule has 3 aromatic heterocycles. The first-order valence-corrected chi connectivity index (χ1v) is 9.93. The Hall–Kier alpha value is -3.09. The SMILES string of the molecule is Cc1ccc(C)c(Cn2c(=O)c3c(nc4n(CC(C)C)c(C)cn34)n(C)c2=O)c1.